The van der Waals surface area contributed by atoms with Crippen LogP contribution in [-0.2, 0) is 0 Å². The lowest BCUT2D eigenvalue weighted by molar-refractivity contribution is 0.254. The minimum Gasteiger partial charge on any atom is -0.312 e. The molecule has 0 spiro atoms. The minimum atomic E-state index is -0.291. The first-order chi connectivity index (χ1) is 11.0. The van der Waals surface area contributed by atoms with Crippen molar-refractivity contribution in [2.75, 3.05) is 5.32 Å². The number of fused-ring (bicyclic) bond motifs is 1. The van der Waals surface area contributed by atoms with Crippen LogP contribution in [0.25, 0.3) is 20.8 Å². The van der Waals surface area contributed by atoms with Crippen LogP contribution in [0.5, 0.6) is 0 Å². The summed E-state index contributed by atoms with van der Waals surface area (Å²) in [6, 6.07) is 13.6. The molecule has 1 heterocycles. The van der Waals surface area contributed by atoms with Crippen molar-refractivity contribution in [3.63, 3.8) is 0 Å². The summed E-state index contributed by atoms with van der Waals surface area (Å²) in [5.74, 6) is 0. The topological polar surface area (TPSA) is 54.0 Å². The van der Waals surface area contributed by atoms with E-state index in [1.54, 1.807) is 18.3 Å². The average molecular weight is 323 g/mol. The van der Waals surface area contributed by atoms with E-state index in [-0.39, 0.29) is 6.03 Å². The lowest BCUT2D eigenvalue weighted by atomic mass is 10.2. The van der Waals surface area contributed by atoms with Gasteiger partial charge in [-0.3, -0.25) is 0 Å². The van der Waals surface area contributed by atoms with Gasteiger partial charge in [0.25, 0.3) is 0 Å². The molecule has 3 aromatic rings. The lowest BCUT2D eigenvalue weighted by Gasteiger charge is -2.07. The highest BCUT2D eigenvalue weighted by Crippen LogP contribution is 2.31. The number of thiazole rings is 1. The van der Waals surface area contributed by atoms with E-state index in [0.717, 1.165) is 21.8 Å². The molecule has 2 amide bonds. The molecule has 0 unspecified atom stereocenters. The van der Waals surface area contributed by atoms with Gasteiger partial charge in [-0.1, -0.05) is 12.6 Å². The Morgan fingerprint density at radius 3 is 2.61 bits per heavy atom. The molecular weight excluding hydrogens is 306 g/mol. The average Bonchev–Trinajstić information content (AvgIpc) is 2.90. The van der Waals surface area contributed by atoms with Crippen molar-refractivity contribution in [1.29, 1.82) is 0 Å². The molecule has 3 rings (SSSR count). The summed E-state index contributed by atoms with van der Waals surface area (Å²) in [5.41, 5.74) is 4.61. The molecule has 0 fully saturated rings. The second-order valence-electron chi connectivity index (χ2n) is 5.43. The van der Waals surface area contributed by atoms with E-state index in [2.05, 4.69) is 41.3 Å². The number of hydrogen-bond acceptors (Lipinski definition) is 3. The Bertz CT molecular complexity index is 881. The van der Waals surface area contributed by atoms with Crippen molar-refractivity contribution in [2.45, 2.75) is 13.8 Å². The SMILES string of the molecule is C=C(C)NC(=O)Nc1ccc(-c2nc3ccc(C)cc3s2)cc1. The zero-order chi connectivity index (χ0) is 16.4. The van der Waals surface area contributed by atoms with Crippen LogP contribution in [-0.4, -0.2) is 11.0 Å². The first kappa shape index (κ1) is 15.2. The predicted octanol–water partition coefficient (Wildman–Crippen LogP) is 4.93. The summed E-state index contributed by atoms with van der Waals surface area (Å²) in [7, 11) is 0. The predicted molar refractivity (Wildman–Crippen MR) is 96.8 cm³/mol. The molecule has 116 valence electrons. The van der Waals surface area contributed by atoms with Crippen LogP contribution in [0.3, 0.4) is 0 Å². The van der Waals surface area contributed by atoms with Crippen molar-refractivity contribution in [1.82, 2.24) is 10.3 Å². The molecule has 0 aliphatic heterocycles. The third kappa shape index (κ3) is 3.57. The van der Waals surface area contributed by atoms with E-state index >= 15 is 0 Å². The summed E-state index contributed by atoms with van der Waals surface area (Å²) in [5, 5.41) is 6.34. The van der Waals surface area contributed by atoms with Gasteiger partial charge >= 0.3 is 6.03 Å². The number of carbonyl (C=O) groups is 1. The van der Waals surface area contributed by atoms with Crippen LogP contribution in [0.15, 0.2) is 54.7 Å². The number of urea groups is 1. The summed E-state index contributed by atoms with van der Waals surface area (Å²) in [4.78, 5) is 16.3. The number of aryl methyl sites for hydroxylation is 1. The Hall–Kier alpha value is -2.66. The molecule has 2 N–H and O–H groups in total. The number of carbonyl (C=O) groups excluding carboxylic acids is 1. The quantitative estimate of drug-likeness (QED) is 0.718. The standard InChI is InChI=1S/C18H17N3OS/c1-11(2)19-18(22)20-14-7-5-13(6-8-14)17-21-15-9-4-12(3)10-16(15)23-17/h4-10H,1H2,2-3H3,(H2,19,20,22). The van der Waals surface area contributed by atoms with Gasteiger partial charge in [-0.2, -0.15) is 0 Å². The number of hydrogen-bond donors (Lipinski definition) is 2. The molecule has 2 aromatic carbocycles. The van der Waals surface area contributed by atoms with E-state index in [1.165, 1.54) is 10.3 Å². The van der Waals surface area contributed by atoms with Gasteiger partial charge in [-0.05, 0) is 55.8 Å². The molecule has 0 bridgehead atoms. The number of aromatic nitrogens is 1. The Labute approximate surface area is 138 Å². The van der Waals surface area contributed by atoms with Crippen molar-refractivity contribution in [3.05, 3.63) is 60.3 Å². The Morgan fingerprint density at radius 1 is 1.17 bits per heavy atom. The van der Waals surface area contributed by atoms with Crippen molar-refractivity contribution in [3.8, 4) is 10.6 Å². The molecule has 1 aromatic heterocycles. The van der Waals surface area contributed by atoms with Gasteiger partial charge in [-0.15, -0.1) is 11.3 Å². The number of nitrogens with zero attached hydrogens (tertiary/aromatic N) is 1. The van der Waals surface area contributed by atoms with Crippen LogP contribution >= 0.6 is 11.3 Å². The van der Waals surface area contributed by atoms with Gasteiger partial charge < -0.3 is 10.6 Å². The molecule has 0 aliphatic carbocycles. The highest BCUT2D eigenvalue weighted by atomic mass is 32.1. The smallest absolute Gasteiger partial charge is 0.312 e. The zero-order valence-corrected chi connectivity index (χ0v) is 13.8. The van der Waals surface area contributed by atoms with Gasteiger partial charge in [0.05, 0.1) is 10.2 Å². The fourth-order valence-electron chi connectivity index (χ4n) is 2.21. The number of anilines is 1. The molecule has 23 heavy (non-hydrogen) atoms. The Morgan fingerprint density at radius 2 is 1.91 bits per heavy atom. The molecule has 0 saturated heterocycles. The lowest BCUT2D eigenvalue weighted by Crippen LogP contribution is -2.26. The van der Waals surface area contributed by atoms with E-state index in [1.807, 2.05) is 30.3 Å². The number of benzene rings is 2. The molecular formula is C18H17N3OS. The molecule has 5 heteroatoms. The molecule has 4 nitrogen and oxygen atoms in total. The second kappa shape index (κ2) is 6.22. The van der Waals surface area contributed by atoms with Crippen molar-refractivity contribution < 1.29 is 4.79 Å². The van der Waals surface area contributed by atoms with Gasteiger partial charge in [0.2, 0.25) is 0 Å². The van der Waals surface area contributed by atoms with Crippen LogP contribution in [0.2, 0.25) is 0 Å². The fraction of sp³-hybridized carbons (Fsp3) is 0.111. The normalized spacial score (nSPS) is 10.5. The van der Waals surface area contributed by atoms with Crippen LogP contribution in [0, 0.1) is 6.92 Å². The fourth-order valence-corrected chi connectivity index (χ4v) is 3.28. The number of allylic oxidation sites excluding steroid dienone is 1. The highest BCUT2D eigenvalue weighted by molar-refractivity contribution is 7.21. The van der Waals surface area contributed by atoms with E-state index in [9.17, 15) is 4.79 Å². The van der Waals surface area contributed by atoms with E-state index in [0.29, 0.717) is 5.70 Å². The first-order valence-electron chi connectivity index (χ1n) is 7.22. The monoisotopic (exact) mass is 323 g/mol. The number of rotatable bonds is 3. The number of nitrogens with one attached hydrogen (secondary N) is 2. The maximum atomic E-state index is 11.6. The minimum absolute atomic E-state index is 0.291. The molecule has 0 aliphatic rings. The van der Waals surface area contributed by atoms with E-state index in [4.69, 9.17) is 0 Å². The van der Waals surface area contributed by atoms with Crippen LogP contribution in [0.4, 0.5) is 10.5 Å². The third-order valence-corrected chi connectivity index (χ3v) is 4.33. The maximum Gasteiger partial charge on any atom is 0.323 e. The van der Waals surface area contributed by atoms with Crippen LogP contribution in [0.1, 0.15) is 12.5 Å². The van der Waals surface area contributed by atoms with Crippen LogP contribution < -0.4 is 10.6 Å². The highest BCUT2D eigenvalue weighted by Gasteiger charge is 2.07. The first-order valence-corrected chi connectivity index (χ1v) is 8.04. The van der Waals surface area contributed by atoms with Gasteiger partial charge in [0.15, 0.2) is 0 Å². The number of amides is 2. The van der Waals surface area contributed by atoms with Gasteiger partial charge in [-0.25, -0.2) is 9.78 Å². The molecule has 0 atom stereocenters. The summed E-state index contributed by atoms with van der Waals surface area (Å²) in [6.45, 7) is 7.45. The Kier molecular flexibility index (Phi) is 4.12. The van der Waals surface area contributed by atoms with Gasteiger partial charge in [0, 0.05) is 16.9 Å². The largest absolute Gasteiger partial charge is 0.323 e. The summed E-state index contributed by atoms with van der Waals surface area (Å²) >= 11 is 1.67. The Balaban J connectivity index is 1.80. The maximum absolute atomic E-state index is 11.6. The van der Waals surface area contributed by atoms with E-state index < -0.39 is 0 Å². The summed E-state index contributed by atoms with van der Waals surface area (Å²) in [6.07, 6.45) is 0. The van der Waals surface area contributed by atoms with Crippen molar-refractivity contribution >= 4 is 33.3 Å². The second-order valence-corrected chi connectivity index (χ2v) is 6.46. The van der Waals surface area contributed by atoms with Gasteiger partial charge in [0.1, 0.15) is 5.01 Å². The zero-order valence-electron chi connectivity index (χ0n) is 13.0. The molecule has 0 radical (unpaired) electrons. The third-order valence-electron chi connectivity index (χ3n) is 3.26. The molecule has 0 saturated carbocycles. The van der Waals surface area contributed by atoms with Crippen molar-refractivity contribution in [2.24, 2.45) is 0 Å². The summed E-state index contributed by atoms with van der Waals surface area (Å²) < 4.78 is 1.18.